The number of aromatic nitrogens is 1. The molecule has 4 rings (SSSR count). The Labute approximate surface area is 138 Å². The summed E-state index contributed by atoms with van der Waals surface area (Å²) in [5.74, 6) is 0.892. The quantitative estimate of drug-likeness (QED) is 0.727. The van der Waals surface area contributed by atoms with Gasteiger partial charge in [0.1, 0.15) is 5.75 Å². The number of hydrogen-bond donors (Lipinski definition) is 1. The highest BCUT2D eigenvalue weighted by atomic mass is 32.1. The number of rotatable bonds is 3. The Bertz CT molecular complexity index is 842. The molecular formula is C18H15N3OS. The van der Waals surface area contributed by atoms with Crippen molar-refractivity contribution in [2.75, 3.05) is 12.0 Å². The van der Waals surface area contributed by atoms with E-state index in [0.717, 1.165) is 39.8 Å². The number of benzene rings is 2. The third kappa shape index (κ3) is 2.96. The second kappa shape index (κ2) is 6.22. The molecule has 1 N–H and O–H groups in total. The van der Waals surface area contributed by atoms with Gasteiger partial charge in [-0.1, -0.05) is 42.5 Å². The van der Waals surface area contributed by atoms with E-state index in [9.17, 15) is 0 Å². The van der Waals surface area contributed by atoms with E-state index in [1.165, 1.54) is 0 Å². The molecular weight excluding hydrogens is 306 g/mol. The van der Waals surface area contributed by atoms with Gasteiger partial charge in [-0.25, -0.2) is 4.98 Å². The number of para-hydroxylation sites is 1. The Morgan fingerprint density at radius 2 is 1.87 bits per heavy atom. The Hall–Kier alpha value is -2.66. The number of anilines is 1. The van der Waals surface area contributed by atoms with Gasteiger partial charge in [-0.05, 0) is 12.1 Å². The lowest BCUT2D eigenvalue weighted by Gasteiger charge is -2.18. The number of hydrazone groups is 1. The molecule has 2 aromatic carbocycles. The van der Waals surface area contributed by atoms with E-state index < -0.39 is 0 Å². The van der Waals surface area contributed by atoms with Gasteiger partial charge in [0, 0.05) is 22.9 Å². The molecule has 1 aliphatic rings. The van der Waals surface area contributed by atoms with Crippen molar-refractivity contribution in [3.8, 4) is 17.0 Å². The second-order valence-corrected chi connectivity index (χ2v) is 6.03. The summed E-state index contributed by atoms with van der Waals surface area (Å²) in [5, 5.41) is 7.37. The largest absolute Gasteiger partial charge is 0.492 e. The fourth-order valence-electron chi connectivity index (χ4n) is 2.52. The van der Waals surface area contributed by atoms with Crippen molar-refractivity contribution in [1.82, 2.24) is 4.98 Å². The first-order valence-corrected chi connectivity index (χ1v) is 8.34. The number of nitrogens with zero attached hydrogens (tertiary/aromatic N) is 2. The van der Waals surface area contributed by atoms with Crippen LogP contribution in [0, 0.1) is 0 Å². The summed E-state index contributed by atoms with van der Waals surface area (Å²) in [6.45, 7) is 0.657. The Morgan fingerprint density at radius 1 is 1.04 bits per heavy atom. The number of fused-ring (bicyclic) bond motifs is 1. The molecule has 0 unspecified atom stereocenters. The molecule has 1 aromatic heterocycles. The predicted molar refractivity (Wildman–Crippen MR) is 94.3 cm³/mol. The lowest BCUT2D eigenvalue weighted by molar-refractivity contribution is 0.320. The van der Waals surface area contributed by atoms with E-state index in [4.69, 9.17) is 4.74 Å². The van der Waals surface area contributed by atoms with Crippen LogP contribution in [0.2, 0.25) is 0 Å². The summed E-state index contributed by atoms with van der Waals surface area (Å²) in [4.78, 5) is 4.59. The van der Waals surface area contributed by atoms with Crippen LogP contribution >= 0.6 is 11.3 Å². The maximum atomic E-state index is 5.65. The van der Waals surface area contributed by atoms with Crippen LogP contribution in [-0.4, -0.2) is 17.3 Å². The monoisotopic (exact) mass is 321 g/mol. The highest BCUT2D eigenvalue weighted by molar-refractivity contribution is 7.14. The molecule has 114 valence electrons. The van der Waals surface area contributed by atoms with Crippen LogP contribution < -0.4 is 10.2 Å². The highest BCUT2D eigenvalue weighted by Crippen LogP contribution is 2.26. The van der Waals surface area contributed by atoms with E-state index >= 15 is 0 Å². The van der Waals surface area contributed by atoms with E-state index in [1.807, 2.05) is 47.8 Å². The molecule has 0 bridgehead atoms. The second-order valence-electron chi connectivity index (χ2n) is 5.17. The van der Waals surface area contributed by atoms with Gasteiger partial charge in [0.15, 0.2) is 0 Å². The summed E-state index contributed by atoms with van der Waals surface area (Å²) >= 11 is 1.55. The number of hydrogen-bond acceptors (Lipinski definition) is 5. The van der Waals surface area contributed by atoms with Crippen molar-refractivity contribution < 1.29 is 4.74 Å². The van der Waals surface area contributed by atoms with Gasteiger partial charge in [0.25, 0.3) is 0 Å². The summed E-state index contributed by atoms with van der Waals surface area (Å²) in [6.07, 6.45) is 0.793. The van der Waals surface area contributed by atoms with Crippen LogP contribution in [0.5, 0.6) is 5.75 Å². The molecule has 23 heavy (non-hydrogen) atoms. The minimum Gasteiger partial charge on any atom is -0.492 e. The number of ether oxygens (including phenoxy) is 1. The van der Waals surface area contributed by atoms with Crippen LogP contribution in [0.15, 0.2) is 65.1 Å². The third-order valence-electron chi connectivity index (χ3n) is 3.65. The SMILES string of the molecule is c1ccc(-c2csc(NN=C3CCOc4ccccc43)n2)cc1. The lowest BCUT2D eigenvalue weighted by atomic mass is 10.0. The molecule has 0 saturated heterocycles. The highest BCUT2D eigenvalue weighted by Gasteiger charge is 2.16. The fourth-order valence-corrected chi connectivity index (χ4v) is 3.18. The van der Waals surface area contributed by atoms with Crippen molar-refractivity contribution in [2.45, 2.75) is 6.42 Å². The van der Waals surface area contributed by atoms with Crippen LogP contribution in [0.25, 0.3) is 11.3 Å². The van der Waals surface area contributed by atoms with Gasteiger partial charge in [-0.2, -0.15) is 5.10 Å². The van der Waals surface area contributed by atoms with E-state index in [1.54, 1.807) is 11.3 Å². The van der Waals surface area contributed by atoms with Crippen molar-refractivity contribution in [2.24, 2.45) is 5.10 Å². The number of nitrogens with one attached hydrogen (secondary N) is 1. The molecule has 1 aliphatic heterocycles. The molecule has 3 aromatic rings. The van der Waals surface area contributed by atoms with Crippen molar-refractivity contribution in [3.63, 3.8) is 0 Å². The topological polar surface area (TPSA) is 46.5 Å². The fraction of sp³-hybridized carbons (Fsp3) is 0.111. The molecule has 2 heterocycles. The average Bonchev–Trinajstić information content (AvgIpc) is 3.10. The van der Waals surface area contributed by atoms with Gasteiger partial charge in [0.2, 0.25) is 5.13 Å². The summed E-state index contributed by atoms with van der Waals surface area (Å²) in [5.41, 5.74) is 7.21. The molecule has 5 heteroatoms. The number of thiazole rings is 1. The summed E-state index contributed by atoms with van der Waals surface area (Å²) < 4.78 is 5.65. The molecule has 0 amide bonds. The van der Waals surface area contributed by atoms with E-state index in [2.05, 4.69) is 27.6 Å². The maximum Gasteiger partial charge on any atom is 0.203 e. The standard InChI is InChI=1S/C18H15N3OS/c1-2-6-13(7-3-1)16-12-23-18(19-16)21-20-15-10-11-22-17-9-5-4-8-14(15)17/h1-9,12H,10-11H2,(H,19,21). The van der Waals surface area contributed by atoms with Gasteiger partial charge < -0.3 is 4.74 Å². The Balaban J connectivity index is 1.55. The molecule has 0 radical (unpaired) electrons. The predicted octanol–water partition coefficient (Wildman–Crippen LogP) is 4.41. The molecule has 0 fully saturated rings. The maximum absolute atomic E-state index is 5.65. The van der Waals surface area contributed by atoms with Crippen LogP contribution in [0.3, 0.4) is 0 Å². The zero-order chi connectivity index (χ0) is 15.5. The summed E-state index contributed by atoms with van der Waals surface area (Å²) in [6, 6.07) is 18.1. The summed E-state index contributed by atoms with van der Waals surface area (Å²) in [7, 11) is 0. The van der Waals surface area contributed by atoms with E-state index in [0.29, 0.717) is 6.61 Å². The van der Waals surface area contributed by atoms with E-state index in [-0.39, 0.29) is 0 Å². The van der Waals surface area contributed by atoms with Crippen molar-refractivity contribution in [3.05, 3.63) is 65.5 Å². The van der Waals surface area contributed by atoms with Crippen LogP contribution in [0.4, 0.5) is 5.13 Å². The Kier molecular flexibility index (Phi) is 3.78. The molecule has 0 aliphatic carbocycles. The smallest absolute Gasteiger partial charge is 0.203 e. The Morgan fingerprint density at radius 3 is 2.78 bits per heavy atom. The van der Waals surface area contributed by atoms with Crippen LogP contribution in [0.1, 0.15) is 12.0 Å². The van der Waals surface area contributed by atoms with Gasteiger partial charge in [-0.3, -0.25) is 5.43 Å². The zero-order valence-corrected chi connectivity index (χ0v) is 13.2. The minimum atomic E-state index is 0.657. The normalized spacial score (nSPS) is 15.0. The molecule has 4 nitrogen and oxygen atoms in total. The first-order chi connectivity index (χ1) is 11.4. The molecule has 0 spiro atoms. The third-order valence-corrected chi connectivity index (χ3v) is 4.40. The zero-order valence-electron chi connectivity index (χ0n) is 12.4. The lowest BCUT2D eigenvalue weighted by Crippen LogP contribution is -2.17. The van der Waals surface area contributed by atoms with Gasteiger partial charge in [0.05, 0.1) is 18.0 Å². The van der Waals surface area contributed by atoms with Gasteiger partial charge in [-0.15, -0.1) is 11.3 Å². The van der Waals surface area contributed by atoms with Gasteiger partial charge >= 0.3 is 0 Å². The minimum absolute atomic E-state index is 0.657. The first-order valence-electron chi connectivity index (χ1n) is 7.46. The van der Waals surface area contributed by atoms with Crippen molar-refractivity contribution in [1.29, 1.82) is 0 Å². The molecule has 0 saturated carbocycles. The first kappa shape index (κ1) is 14.0. The van der Waals surface area contributed by atoms with Crippen molar-refractivity contribution >= 4 is 22.2 Å². The molecule has 0 atom stereocenters. The average molecular weight is 321 g/mol. The van der Waals surface area contributed by atoms with Crippen LogP contribution in [-0.2, 0) is 0 Å².